The summed E-state index contributed by atoms with van der Waals surface area (Å²) in [6.07, 6.45) is -1.21. The molecule has 0 aromatic rings. The van der Waals surface area contributed by atoms with Crippen molar-refractivity contribution in [1.82, 2.24) is 5.32 Å². The van der Waals surface area contributed by atoms with Gasteiger partial charge in [-0.2, -0.15) is 0 Å². The average molecular weight is 145 g/mol. The van der Waals surface area contributed by atoms with Gasteiger partial charge >= 0.3 is 5.97 Å². The second-order valence-electron chi connectivity index (χ2n) is 1.86. The molecule has 1 rings (SSSR count). The standard InChI is InChI=1S/C6H9NO3/c1-10-6(9)4-2-3-5(8)7-4/h4H,2-3H2,1H3,(H,7,8)/t4-/m0/s1/i2D,4D/t2-,4+/m1. The van der Waals surface area contributed by atoms with Crippen LogP contribution in [0.2, 0.25) is 0 Å². The van der Waals surface area contributed by atoms with Crippen LogP contribution in [0.25, 0.3) is 0 Å². The molecular formula is C6H9NO3. The van der Waals surface area contributed by atoms with E-state index in [0.29, 0.717) is 0 Å². The molecule has 1 aliphatic rings. The minimum Gasteiger partial charge on any atom is -0.467 e. The summed E-state index contributed by atoms with van der Waals surface area (Å²) in [7, 11) is 1.12. The first-order valence-electron chi connectivity index (χ1n) is 3.90. The van der Waals surface area contributed by atoms with Crippen LogP contribution in [0, 0.1) is 0 Å². The van der Waals surface area contributed by atoms with Crippen LogP contribution in [-0.4, -0.2) is 25.0 Å². The maximum Gasteiger partial charge on any atom is 0.328 e. The Balaban J connectivity index is 2.84. The van der Waals surface area contributed by atoms with E-state index in [4.69, 9.17) is 2.74 Å². The molecule has 0 saturated carbocycles. The highest BCUT2D eigenvalue weighted by molar-refractivity contribution is 5.87. The van der Waals surface area contributed by atoms with Crippen molar-refractivity contribution in [2.75, 3.05) is 7.11 Å². The fourth-order valence-corrected chi connectivity index (χ4v) is 0.691. The number of methoxy groups -OCH3 is 1. The van der Waals surface area contributed by atoms with E-state index in [1.807, 2.05) is 0 Å². The van der Waals surface area contributed by atoms with Crippen molar-refractivity contribution in [3.05, 3.63) is 0 Å². The van der Waals surface area contributed by atoms with Gasteiger partial charge in [0.2, 0.25) is 5.91 Å². The summed E-state index contributed by atoms with van der Waals surface area (Å²) in [6.45, 7) is 0. The first-order valence-corrected chi connectivity index (χ1v) is 2.82. The summed E-state index contributed by atoms with van der Waals surface area (Å²) in [6, 6.07) is -1.91. The number of esters is 1. The van der Waals surface area contributed by atoms with Gasteiger partial charge in [0, 0.05) is 7.79 Å². The number of nitrogens with one attached hydrogen (secondary N) is 1. The molecule has 4 heteroatoms. The Kier molecular flexibility index (Phi) is 1.26. The van der Waals surface area contributed by atoms with Crippen molar-refractivity contribution in [2.24, 2.45) is 0 Å². The summed E-state index contributed by atoms with van der Waals surface area (Å²) in [4.78, 5) is 21.7. The van der Waals surface area contributed by atoms with E-state index in [2.05, 4.69) is 10.1 Å². The van der Waals surface area contributed by atoms with E-state index in [9.17, 15) is 9.59 Å². The lowest BCUT2D eigenvalue weighted by molar-refractivity contribution is -0.143. The zero-order valence-corrected chi connectivity index (χ0v) is 5.51. The molecule has 1 saturated heterocycles. The van der Waals surface area contributed by atoms with Crippen LogP contribution in [0.5, 0.6) is 0 Å². The summed E-state index contributed by atoms with van der Waals surface area (Å²) in [5, 5.41) is 2.10. The molecule has 1 amide bonds. The summed E-state index contributed by atoms with van der Waals surface area (Å²) in [5.41, 5.74) is 0. The topological polar surface area (TPSA) is 55.4 Å². The van der Waals surface area contributed by atoms with E-state index in [1.165, 1.54) is 0 Å². The van der Waals surface area contributed by atoms with Crippen molar-refractivity contribution in [1.29, 1.82) is 0 Å². The van der Waals surface area contributed by atoms with Crippen molar-refractivity contribution >= 4 is 11.9 Å². The molecule has 0 bridgehead atoms. The first kappa shape index (κ1) is 4.71. The lowest BCUT2D eigenvalue weighted by Crippen LogP contribution is -2.33. The number of ether oxygens (including phenoxy) is 1. The first-order chi connectivity index (χ1) is 5.50. The second kappa shape index (κ2) is 2.68. The van der Waals surface area contributed by atoms with Gasteiger partial charge in [-0.15, -0.1) is 0 Å². The van der Waals surface area contributed by atoms with Crippen LogP contribution in [-0.2, 0) is 14.3 Å². The van der Waals surface area contributed by atoms with Crippen molar-refractivity contribution in [2.45, 2.75) is 18.8 Å². The SMILES string of the molecule is [2H][C@@H]1CC(=O)N[C@]1([2H])C(=O)OC. The maximum atomic E-state index is 10.9. The smallest absolute Gasteiger partial charge is 0.328 e. The molecule has 1 aliphatic heterocycles. The highest BCUT2D eigenvalue weighted by Crippen LogP contribution is 2.06. The van der Waals surface area contributed by atoms with E-state index >= 15 is 0 Å². The Labute approximate surface area is 61.4 Å². The molecule has 4 nitrogen and oxygen atoms in total. The van der Waals surface area contributed by atoms with Crippen LogP contribution >= 0.6 is 0 Å². The van der Waals surface area contributed by atoms with Crippen molar-refractivity contribution in [3.8, 4) is 0 Å². The third-order valence-corrected chi connectivity index (χ3v) is 1.17. The summed E-state index contributed by atoms with van der Waals surface area (Å²) >= 11 is 0. The molecule has 0 unspecified atom stereocenters. The summed E-state index contributed by atoms with van der Waals surface area (Å²) in [5.74, 6) is -1.36. The highest BCUT2D eigenvalue weighted by atomic mass is 16.5. The molecule has 0 aliphatic carbocycles. The molecule has 1 heterocycles. The third kappa shape index (κ3) is 1.26. The van der Waals surface area contributed by atoms with E-state index < -0.39 is 24.3 Å². The fourth-order valence-electron chi connectivity index (χ4n) is 0.691. The van der Waals surface area contributed by atoms with Crippen LogP contribution < -0.4 is 5.32 Å². The van der Waals surface area contributed by atoms with Crippen LogP contribution in [0.3, 0.4) is 0 Å². The van der Waals surface area contributed by atoms with Gasteiger partial charge < -0.3 is 10.1 Å². The molecule has 0 radical (unpaired) electrons. The number of carbonyl (C=O) groups is 2. The molecular weight excluding hydrogens is 134 g/mol. The second-order valence-corrected chi connectivity index (χ2v) is 1.86. The third-order valence-electron chi connectivity index (χ3n) is 1.17. The lowest BCUT2D eigenvalue weighted by Gasteiger charge is -2.04. The minimum atomic E-state index is -1.91. The molecule has 0 aromatic heterocycles. The zero-order valence-electron chi connectivity index (χ0n) is 7.51. The molecule has 56 valence electrons. The molecule has 0 aromatic carbocycles. The maximum absolute atomic E-state index is 10.9. The predicted octanol–water partition coefficient (Wildman–Crippen LogP) is -0.562. The highest BCUT2D eigenvalue weighted by Gasteiger charge is 2.27. The Morgan fingerprint density at radius 1 is 2.10 bits per heavy atom. The summed E-state index contributed by atoms with van der Waals surface area (Å²) < 4.78 is 19.0. The van der Waals surface area contributed by atoms with Crippen molar-refractivity contribution < 1.29 is 17.1 Å². The molecule has 1 N–H and O–H groups in total. The van der Waals surface area contributed by atoms with Gasteiger partial charge in [0.25, 0.3) is 0 Å². The van der Waals surface area contributed by atoms with Crippen LogP contribution in [0.4, 0.5) is 0 Å². The van der Waals surface area contributed by atoms with Gasteiger partial charge in [0.15, 0.2) is 0 Å². The van der Waals surface area contributed by atoms with E-state index in [1.54, 1.807) is 0 Å². The van der Waals surface area contributed by atoms with Gasteiger partial charge in [-0.25, -0.2) is 4.79 Å². The van der Waals surface area contributed by atoms with Gasteiger partial charge in [-0.3, -0.25) is 4.79 Å². The normalized spacial score (nSPS) is 41.7. The van der Waals surface area contributed by atoms with Gasteiger partial charge in [-0.05, 0) is 6.40 Å². The Bertz CT molecular complexity index is 233. The minimum absolute atomic E-state index is 0.126. The predicted molar refractivity (Wildman–Crippen MR) is 33.2 cm³/mol. The number of amides is 1. The Hall–Kier alpha value is -1.06. The molecule has 2 atom stereocenters. The molecule has 10 heavy (non-hydrogen) atoms. The number of carbonyl (C=O) groups excluding carboxylic acids is 2. The number of rotatable bonds is 1. The largest absolute Gasteiger partial charge is 0.467 e. The Morgan fingerprint density at radius 2 is 2.80 bits per heavy atom. The lowest BCUT2D eigenvalue weighted by atomic mass is 10.2. The van der Waals surface area contributed by atoms with Gasteiger partial charge in [-0.1, -0.05) is 0 Å². The van der Waals surface area contributed by atoms with Gasteiger partial charge in [0.05, 0.1) is 8.48 Å². The zero-order chi connectivity index (χ0) is 9.35. The van der Waals surface area contributed by atoms with Crippen LogP contribution in [0.15, 0.2) is 0 Å². The monoisotopic (exact) mass is 145 g/mol. The van der Waals surface area contributed by atoms with Crippen LogP contribution in [0.1, 0.15) is 15.6 Å². The molecule has 1 fully saturated rings. The van der Waals surface area contributed by atoms with E-state index in [-0.39, 0.29) is 6.42 Å². The Morgan fingerprint density at radius 3 is 3.20 bits per heavy atom. The number of hydrogen-bond acceptors (Lipinski definition) is 3. The molecule has 0 spiro atoms. The fraction of sp³-hybridized carbons (Fsp3) is 0.667. The average Bonchev–Trinajstić information content (AvgIpc) is 2.26. The van der Waals surface area contributed by atoms with Gasteiger partial charge in [0.1, 0.15) is 6.02 Å². The quantitative estimate of drug-likeness (QED) is 0.503. The van der Waals surface area contributed by atoms with E-state index in [0.717, 1.165) is 7.11 Å². The van der Waals surface area contributed by atoms with Crippen molar-refractivity contribution in [3.63, 3.8) is 0 Å². The number of hydrogen-bond donors (Lipinski definition) is 1.